The van der Waals surface area contributed by atoms with Gasteiger partial charge in [0.15, 0.2) is 12.2 Å². The van der Waals surface area contributed by atoms with E-state index in [0.717, 1.165) is 11.3 Å². The molecule has 1 fully saturated rings. The van der Waals surface area contributed by atoms with Gasteiger partial charge in [-0.05, 0) is 19.4 Å². The fourth-order valence-electron chi connectivity index (χ4n) is 2.92. The van der Waals surface area contributed by atoms with Crippen LogP contribution in [0.25, 0.3) is 0 Å². The first-order valence-corrected chi connectivity index (χ1v) is 8.42. The number of urea groups is 1. The number of carbonyl (C=O) groups is 2. The Bertz CT molecular complexity index is 786. The maximum absolute atomic E-state index is 12.3. The van der Waals surface area contributed by atoms with Gasteiger partial charge in [0.25, 0.3) is 5.91 Å². The van der Waals surface area contributed by atoms with Crippen LogP contribution in [-0.4, -0.2) is 59.2 Å². The smallest absolute Gasteiger partial charge is 0.322 e. The van der Waals surface area contributed by atoms with E-state index >= 15 is 0 Å². The van der Waals surface area contributed by atoms with Gasteiger partial charge in [-0.15, -0.1) is 0 Å². The normalized spacial score (nSPS) is 23.2. The van der Waals surface area contributed by atoms with Gasteiger partial charge in [0.1, 0.15) is 0 Å². The topological polar surface area (TPSA) is 89.4 Å². The Balaban J connectivity index is 1.85. The number of fused-ring (bicyclic) bond motifs is 1. The van der Waals surface area contributed by atoms with Crippen molar-refractivity contribution in [2.24, 2.45) is 10.1 Å². The van der Waals surface area contributed by atoms with Gasteiger partial charge in [0.05, 0.1) is 5.71 Å². The third kappa shape index (κ3) is 3.30. The highest BCUT2D eigenvalue weighted by Gasteiger charge is 2.48. The van der Waals surface area contributed by atoms with Crippen molar-refractivity contribution in [3.05, 3.63) is 48.0 Å². The molecule has 2 heterocycles. The molecule has 3 rings (SSSR count). The molecule has 8 heteroatoms. The van der Waals surface area contributed by atoms with Crippen molar-refractivity contribution < 1.29 is 9.59 Å². The summed E-state index contributed by atoms with van der Waals surface area (Å²) in [5.41, 5.74) is 4.74. The monoisotopic (exact) mass is 354 g/mol. The number of aliphatic imine (C=N–C) groups is 1. The van der Waals surface area contributed by atoms with Gasteiger partial charge < -0.3 is 9.80 Å². The summed E-state index contributed by atoms with van der Waals surface area (Å²) in [6, 6.07) is 8.74. The molecule has 2 unspecified atom stereocenters. The number of amides is 3. The second kappa shape index (κ2) is 7.38. The van der Waals surface area contributed by atoms with Crippen LogP contribution in [0.5, 0.6) is 0 Å². The van der Waals surface area contributed by atoms with E-state index in [1.807, 2.05) is 61.2 Å². The lowest BCUT2D eigenvalue weighted by atomic mass is 10.1. The summed E-state index contributed by atoms with van der Waals surface area (Å²) >= 11 is 0. The number of nitrogens with one attached hydrogen (secondary N) is 2. The molecular formula is C18H22N6O2. The van der Waals surface area contributed by atoms with Crippen molar-refractivity contribution in [1.29, 1.82) is 0 Å². The van der Waals surface area contributed by atoms with E-state index in [-0.39, 0.29) is 5.91 Å². The first-order valence-electron chi connectivity index (χ1n) is 8.42. The molecule has 2 aliphatic rings. The number of hydrogen-bond acceptors (Lipinski definition) is 6. The van der Waals surface area contributed by atoms with Crippen molar-refractivity contribution in [3.8, 4) is 0 Å². The Morgan fingerprint density at radius 1 is 1.35 bits per heavy atom. The fourth-order valence-corrected chi connectivity index (χ4v) is 2.92. The molecule has 8 nitrogen and oxygen atoms in total. The van der Waals surface area contributed by atoms with Gasteiger partial charge >= 0.3 is 6.03 Å². The molecule has 3 amide bonds. The van der Waals surface area contributed by atoms with Gasteiger partial charge in [-0.3, -0.25) is 10.1 Å². The molecule has 1 aromatic carbocycles. The summed E-state index contributed by atoms with van der Waals surface area (Å²) in [6.07, 6.45) is 3.26. The van der Waals surface area contributed by atoms with Crippen LogP contribution in [0.3, 0.4) is 0 Å². The van der Waals surface area contributed by atoms with Gasteiger partial charge in [-0.1, -0.05) is 42.5 Å². The van der Waals surface area contributed by atoms with Crippen LogP contribution in [0.15, 0.2) is 52.6 Å². The molecule has 0 radical (unpaired) electrons. The lowest BCUT2D eigenvalue weighted by molar-refractivity contribution is -0.126. The number of carbonyl (C=O) groups excluding carboxylic acids is 2. The Labute approximate surface area is 152 Å². The number of imide groups is 1. The summed E-state index contributed by atoms with van der Waals surface area (Å²) in [5.74, 6) is 0.108. The van der Waals surface area contributed by atoms with Crippen molar-refractivity contribution in [1.82, 2.24) is 20.5 Å². The minimum Gasteiger partial charge on any atom is -0.322 e. The van der Waals surface area contributed by atoms with Crippen molar-refractivity contribution in [2.45, 2.75) is 26.1 Å². The van der Waals surface area contributed by atoms with Crippen LogP contribution in [0, 0.1) is 0 Å². The third-order valence-corrected chi connectivity index (χ3v) is 4.41. The van der Waals surface area contributed by atoms with E-state index in [9.17, 15) is 9.59 Å². The lowest BCUT2D eigenvalue weighted by Crippen LogP contribution is -2.64. The van der Waals surface area contributed by atoms with Crippen LogP contribution < -0.4 is 10.7 Å². The standard InChI is InChI=1S/C18H22N6O2/c1-4-5-11-24-14-15(23(3)18(26)20-16(14)25)19-17(24)22-21-12(2)13-9-7-6-8-10-13/h4-10,14-15H,11H2,1-3H3,(H,19,22)(H,20,25,26)/b5-4+,21-12+. The van der Waals surface area contributed by atoms with Crippen molar-refractivity contribution in [2.75, 3.05) is 13.6 Å². The first kappa shape index (κ1) is 17.7. The molecule has 26 heavy (non-hydrogen) atoms. The van der Waals surface area contributed by atoms with E-state index in [1.165, 1.54) is 4.90 Å². The molecule has 1 saturated heterocycles. The Morgan fingerprint density at radius 3 is 2.77 bits per heavy atom. The number of benzene rings is 1. The molecule has 0 aliphatic carbocycles. The van der Waals surface area contributed by atoms with Crippen LogP contribution in [-0.2, 0) is 4.79 Å². The number of hydrazone groups is 1. The van der Waals surface area contributed by atoms with Crippen LogP contribution in [0.2, 0.25) is 0 Å². The van der Waals surface area contributed by atoms with Gasteiger partial charge in [-0.2, -0.15) is 5.10 Å². The minimum absolute atomic E-state index is 0.355. The van der Waals surface area contributed by atoms with E-state index in [0.29, 0.717) is 12.5 Å². The summed E-state index contributed by atoms with van der Waals surface area (Å²) in [5, 5.41) is 6.76. The molecule has 1 aromatic rings. The number of allylic oxidation sites excluding steroid dienone is 1. The third-order valence-electron chi connectivity index (χ3n) is 4.41. The fraction of sp³-hybridized carbons (Fsp3) is 0.333. The molecule has 136 valence electrons. The van der Waals surface area contributed by atoms with Crippen molar-refractivity contribution in [3.63, 3.8) is 0 Å². The molecule has 2 aliphatic heterocycles. The Morgan fingerprint density at radius 2 is 2.08 bits per heavy atom. The number of hydrogen-bond donors (Lipinski definition) is 2. The van der Waals surface area contributed by atoms with E-state index < -0.39 is 18.2 Å². The second-order valence-electron chi connectivity index (χ2n) is 6.11. The van der Waals surface area contributed by atoms with Gasteiger partial charge in [-0.25, -0.2) is 15.2 Å². The highest BCUT2D eigenvalue weighted by atomic mass is 16.2. The quantitative estimate of drug-likeness (QED) is 0.482. The molecule has 2 atom stereocenters. The zero-order chi connectivity index (χ0) is 18.7. The molecule has 0 spiro atoms. The number of likely N-dealkylation sites (N-methyl/N-ethyl adjacent to an activating group) is 1. The Hall–Kier alpha value is -3.16. The van der Waals surface area contributed by atoms with Gasteiger partial charge in [0.2, 0.25) is 5.96 Å². The number of rotatable bonds is 4. The van der Waals surface area contributed by atoms with Gasteiger partial charge in [0, 0.05) is 13.6 Å². The summed E-state index contributed by atoms with van der Waals surface area (Å²) in [4.78, 5) is 32.0. The zero-order valence-electron chi connectivity index (χ0n) is 15.0. The van der Waals surface area contributed by atoms with E-state index in [2.05, 4.69) is 20.8 Å². The molecule has 0 saturated carbocycles. The van der Waals surface area contributed by atoms with Crippen LogP contribution >= 0.6 is 0 Å². The molecular weight excluding hydrogens is 332 g/mol. The molecule has 0 bridgehead atoms. The van der Waals surface area contributed by atoms with Crippen LogP contribution in [0.1, 0.15) is 19.4 Å². The zero-order valence-corrected chi connectivity index (χ0v) is 15.0. The average molecular weight is 354 g/mol. The van der Waals surface area contributed by atoms with Crippen LogP contribution in [0.4, 0.5) is 4.79 Å². The summed E-state index contributed by atoms with van der Waals surface area (Å²) in [7, 11) is 1.62. The van der Waals surface area contributed by atoms with E-state index in [4.69, 9.17) is 0 Å². The summed E-state index contributed by atoms with van der Waals surface area (Å²) < 4.78 is 0. The lowest BCUT2D eigenvalue weighted by Gasteiger charge is -2.35. The maximum Gasteiger partial charge on any atom is 0.325 e. The Kier molecular flexibility index (Phi) is 5.01. The molecule has 0 aromatic heterocycles. The SMILES string of the molecule is C/C=C/CN1C(N/N=C(\C)c2ccccc2)=NC2C1C(=O)NC(=O)N2C. The largest absolute Gasteiger partial charge is 0.325 e. The maximum atomic E-state index is 12.3. The predicted octanol–water partition coefficient (Wildman–Crippen LogP) is 1.12. The van der Waals surface area contributed by atoms with Crippen molar-refractivity contribution >= 4 is 23.6 Å². The summed E-state index contributed by atoms with van der Waals surface area (Å²) in [6.45, 7) is 4.29. The first-order chi connectivity index (χ1) is 12.5. The second-order valence-corrected chi connectivity index (χ2v) is 6.11. The minimum atomic E-state index is -0.580. The van der Waals surface area contributed by atoms with E-state index in [1.54, 1.807) is 7.05 Å². The predicted molar refractivity (Wildman–Crippen MR) is 99.6 cm³/mol. The highest BCUT2D eigenvalue weighted by molar-refractivity contribution is 6.04. The highest BCUT2D eigenvalue weighted by Crippen LogP contribution is 2.23. The number of guanidine groups is 1. The number of nitrogens with zero attached hydrogens (tertiary/aromatic N) is 4. The molecule has 2 N–H and O–H groups in total. The average Bonchev–Trinajstić information content (AvgIpc) is 3.02.